The van der Waals surface area contributed by atoms with Gasteiger partial charge in [0.15, 0.2) is 0 Å². The Morgan fingerprint density at radius 1 is 1.03 bits per heavy atom. The zero-order chi connectivity index (χ0) is 24.1. The van der Waals surface area contributed by atoms with Crippen molar-refractivity contribution < 1.29 is 9.59 Å². The molecule has 0 spiro atoms. The van der Waals surface area contributed by atoms with E-state index in [2.05, 4.69) is 44.8 Å². The third-order valence-corrected chi connectivity index (χ3v) is 6.25. The van der Waals surface area contributed by atoms with Gasteiger partial charge in [-0.1, -0.05) is 61.9 Å². The normalized spacial score (nSPS) is 13.8. The van der Waals surface area contributed by atoms with Gasteiger partial charge in [-0.2, -0.15) is 0 Å². The second-order valence-electron chi connectivity index (χ2n) is 9.25. The molecule has 0 fully saturated rings. The Kier molecular flexibility index (Phi) is 7.26. The monoisotopic (exact) mass is 456 g/mol. The maximum atomic E-state index is 12.9. The molecule has 0 aliphatic carbocycles. The van der Waals surface area contributed by atoms with Crippen molar-refractivity contribution in [2.75, 3.05) is 11.4 Å². The molecule has 6 heteroatoms. The molecule has 1 aliphatic heterocycles. The van der Waals surface area contributed by atoms with Gasteiger partial charge >= 0.3 is 0 Å². The number of carbonyl (C=O) groups is 2. The van der Waals surface area contributed by atoms with E-state index in [1.807, 2.05) is 57.3 Å². The Hall–Kier alpha value is -3.67. The SMILES string of the molecule is Cc1cccc(C(=O)NC(C(=O)NCc2ccc(N3CCc4ccccc4C3)nc2)C(C)C)c1. The van der Waals surface area contributed by atoms with Crippen LogP contribution in [-0.2, 0) is 24.3 Å². The van der Waals surface area contributed by atoms with Gasteiger partial charge < -0.3 is 15.5 Å². The van der Waals surface area contributed by atoms with E-state index >= 15 is 0 Å². The van der Waals surface area contributed by atoms with Crippen LogP contribution in [0.1, 0.15) is 46.5 Å². The van der Waals surface area contributed by atoms with E-state index in [9.17, 15) is 9.59 Å². The first kappa shape index (κ1) is 23.5. The van der Waals surface area contributed by atoms with E-state index in [0.717, 1.165) is 36.5 Å². The van der Waals surface area contributed by atoms with Gasteiger partial charge in [0.2, 0.25) is 5.91 Å². The predicted molar refractivity (Wildman–Crippen MR) is 135 cm³/mol. The average molecular weight is 457 g/mol. The molecule has 1 aromatic heterocycles. The predicted octanol–water partition coefficient (Wildman–Crippen LogP) is 4.02. The van der Waals surface area contributed by atoms with Crippen molar-refractivity contribution in [1.29, 1.82) is 0 Å². The molecule has 34 heavy (non-hydrogen) atoms. The van der Waals surface area contributed by atoms with Gasteiger partial charge in [0.1, 0.15) is 11.9 Å². The van der Waals surface area contributed by atoms with Crippen LogP contribution in [0.3, 0.4) is 0 Å². The van der Waals surface area contributed by atoms with Crippen LogP contribution in [0.25, 0.3) is 0 Å². The fourth-order valence-electron chi connectivity index (χ4n) is 4.24. The minimum Gasteiger partial charge on any atom is -0.352 e. The highest BCUT2D eigenvalue weighted by molar-refractivity contribution is 5.97. The number of nitrogens with one attached hydrogen (secondary N) is 2. The lowest BCUT2D eigenvalue weighted by atomic mass is 10.00. The molecule has 2 N–H and O–H groups in total. The molecule has 1 atom stereocenters. The Morgan fingerprint density at radius 3 is 2.53 bits per heavy atom. The average Bonchev–Trinajstić information content (AvgIpc) is 2.85. The quantitative estimate of drug-likeness (QED) is 0.563. The zero-order valence-corrected chi connectivity index (χ0v) is 20.0. The highest BCUT2D eigenvalue weighted by Crippen LogP contribution is 2.23. The molecule has 3 aromatic rings. The highest BCUT2D eigenvalue weighted by Gasteiger charge is 2.24. The van der Waals surface area contributed by atoms with Crippen LogP contribution in [0, 0.1) is 12.8 Å². The third kappa shape index (κ3) is 5.63. The molecule has 176 valence electrons. The van der Waals surface area contributed by atoms with Gasteiger partial charge in [-0.3, -0.25) is 9.59 Å². The smallest absolute Gasteiger partial charge is 0.251 e. The summed E-state index contributed by atoms with van der Waals surface area (Å²) < 4.78 is 0. The number of rotatable bonds is 7. The molecule has 6 nitrogen and oxygen atoms in total. The van der Waals surface area contributed by atoms with Crippen LogP contribution in [0.5, 0.6) is 0 Å². The largest absolute Gasteiger partial charge is 0.352 e. The lowest BCUT2D eigenvalue weighted by Gasteiger charge is -2.29. The van der Waals surface area contributed by atoms with Crippen molar-refractivity contribution in [2.24, 2.45) is 5.92 Å². The summed E-state index contributed by atoms with van der Waals surface area (Å²) in [6, 6.07) is 19.3. The number of amides is 2. The number of fused-ring (bicyclic) bond motifs is 1. The number of aryl methyl sites for hydroxylation is 1. The van der Waals surface area contributed by atoms with Gasteiger partial charge in [0.05, 0.1) is 0 Å². The fraction of sp³-hybridized carbons (Fsp3) is 0.321. The number of hydrogen-bond donors (Lipinski definition) is 2. The van der Waals surface area contributed by atoms with E-state index in [0.29, 0.717) is 12.1 Å². The van der Waals surface area contributed by atoms with Crippen molar-refractivity contribution >= 4 is 17.6 Å². The second-order valence-corrected chi connectivity index (χ2v) is 9.25. The van der Waals surface area contributed by atoms with Crippen LogP contribution in [0.2, 0.25) is 0 Å². The van der Waals surface area contributed by atoms with E-state index in [1.54, 1.807) is 6.07 Å². The van der Waals surface area contributed by atoms with Crippen LogP contribution in [-0.4, -0.2) is 29.4 Å². The molecule has 0 radical (unpaired) electrons. The van der Waals surface area contributed by atoms with Gasteiger partial charge in [-0.25, -0.2) is 4.98 Å². The molecular formula is C28H32N4O2. The van der Waals surface area contributed by atoms with Crippen molar-refractivity contribution in [3.05, 3.63) is 94.7 Å². The maximum Gasteiger partial charge on any atom is 0.251 e. The Morgan fingerprint density at radius 2 is 1.82 bits per heavy atom. The summed E-state index contributed by atoms with van der Waals surface area (Å²) >= 11 is 0. The van der Waals surface area contributed by atoms with Crippen LogP contribution < -0.4 is 15.5 Å². The highest BCUT2D eigenvalue weighted by atomic mass is 16.2. The second kappa shape index (κ2) is 10.5. The first-order chi connectivity index (χ1) is 16.4. The molecule has 1 aliphatic rings. The van der Waals surface area contributed by atoms with E-state index in [4.69, 9.17) is 0 Å². The molecule has 2 amide bonds. The zero-order valence-electron chi connectivity index (χ0n) is 20.0. The van der Waals surface area contributed by atoms with Crippen LogP contribution >= 0.6 is 0 Å². The van der Waals surface area contributed by atoms with Crippen molar-refractivity contribution in [3.63, 3.8) is 0 Å². The molecule has 1 unspecified atom stereocenters. The summed E-state index contributed by atoms with van der Waals surface area (Å²) in [5, 5.41) is 5.84. The molecule has 2 aromatic carbocycles. The van der Waals surface area contributed by atoms with Crippen molar-refractivity contribution in [3.8, 4) is 0 Å². The van der Waals surface area contributed by atoms with Gasteiger partial charge in [0.25, 0.3) is 5.91 Å². The summed E-state index contributed by atoms with van der Waals surface area (Å²) in [5.41, 5.74) is 5.23. The lowest BCUT2D eigenvalue weighted by Crippen LogP contribution is -2.49. The first-order valence-corrected chi connectivity index (χ1v) is 11.8. The minimum absolute atomic E-state index is 0.0451. The Labute approximate surface area is 201 Å². The molecule has 2 heterocycles. The summed E-state index contributed by atoms with van der Waals surface area (Å²) in [4.78, 5) is 32.4. The molecular weight excluding hydrogens is 424 g/mol. The number of anilines is 1. The first-order valence-electron chi connectivity index (χ1n) is 11.8. The maximum absolute atomic E-state index is 12.9. The van der Waals surface area contributed by atoms with Gasteiger partial charge in [-0.05, 0) is 54.2 Å². The van der Waals surface area contributed by atoms with Gasteiger partial charge in [0, 0.05) is 31.4 Å². The lowest BCUT2D eigenvalue weighted by molar-refractivity contribution is -0.124. The molecule has 0 saturated carbocycles. The fourth-order valence-corrected chi connectivity index (χ4v) is 4.24. The standard InChI is InChI=1S/C28H32N4O2/c1-19(2)26(31-27(33)23-10-6-7-20(3)15-23)28(34)30-17-21-11-12-25(29-16-21)32-14-13-22-8-4-5-9-24(22)18-32/h4-12,15-16,19,26H,13-14,17-18H2,1-3H3,(H,30,34)(H,31,33). The van der Waals surface area contributed by atoms with Crippen molar-refractivity contribution in [1.82, 2.24) is 15.6 Å². The molecule has 0 saturated heterocycles. The number of hydrogen-bond acceptors (Lipinski definition) is 4. The number of nitrogens with zero attached hydrogens (tertiary/aromatic N) is 2. The van der Waals surface area contributed by atoms with Gasteiger partial charge in [-0.15, -0.1) is 0 Å². The number of pyridine rings is 1. The van der Waals surface area contributed by atoms with E-state index in [1.165, 1.54) is 11.1 Å². The van der Waals surface area contributed by atoms with E-state index < -0.39 is 6.04 Å². The Balaban J connectivity index is 1.34. The number of aromatic nitrogens is 1. The van der Waals surface area contributed by atoms with Crippen LogP contribution in [0.4, 0.5) is 5.82 Å². The summed E-state index contributed by atoms with van der Waals surface area (Å²) in [5.74, 6) is 0.450. The van der Waals surface area contributed by atoms with Crippen LogP contribution in [0.15, 0.2) is 66.9 Å². The summed E-state index contributed by atoms with van der Waals surface area (Å²) in [7, 11) is 0. The third-order valence-electron chi connectivity index (χ3n) is 6.25. The topological polar surface area (TPSA) is 74.3 Å². The Bertz CT molecular complexity index is 1160. The van der Waals surface area contributed by atoms with Crippen molar-refractivity contribution in [2.45, 2.75) is 46.3 Å². The summed E-state index contributed by atoms with van der Waals surface area (Å²) in [6.07, 6.45) is 2.83. The molecule has 0 bridgehead atoms. The number of carbonyl (C=O) groups excluding carboxylic acids is 2. The minimum atomic E-state index is -0.617. The molecule has 4 rings (SSSR count). The summed E-state index contributed by atoms with van der Waals surface area (Å²) in [6.45, 7) is 7.94. The van der Waals surface area contributed by atoms with E-state index in [-0.39, 0.29) is 17.7 Å². The number of benzene rings is 2.